The van der Waals surface area contributed by atoms with Crippen molar-refractivity contribution in [1.82, 2.24) is 5.32 Å². The lowest BCUT2D eigenvalue weighted by Crippen LogP contribution is -2.33. The molecule has 0 heterocycles. The zero-order valence-corrected chi connectivity index (χ0v) is 14.4. The van der Waals surface area contributed by atoms with Crippen LogP contribution in [0.15, 0.2) is 18.2 Å². The summed E-state index contributed by atoms with van der Waals surface area (Å²) in [7, 11) is 0. The smallest absolute Gasteiger partial charge is 0.233 e. The van der Waals surface area contributed by atoms with Crippen molar-refractivity contribution in [3.63, 3.8) is 0 Å². The predicted molar refractivity (Wildman–Crippen MR) is 89.8 cm³/mol. The molecule has 5 heteroatoms. The van der Waals surface area contributed by atoms with Crippen molar-refractivity contribution < 1.29 is 9.59 Å². The summed E-state index contributed by atoms with van der Waals surface area (Å²) in [5, 5.41) is 5.59. The van der Waals surface area contributed by atoms with E-state index in [0.717, 1.165) is 24.1 Å². The van der Waals surface area contributed by atoms with Crippen molar-refractivity contribution in [1.29, 1.82) is 0 Å². The van der Waals surface area contributed by atoms with E-state index in [9.17, 15) is 9.59 Å². The minimum Gasteiger partial charge on any atom is -0.355 e. The molecule has 116 valence electrons. The monoisotopic (exact) mass is 354 g/mol. The number of amides is 2. The summed E-state index contributed by atoms with van der Waals surface area (Å²) < 4.78 is 0. The number of aryl methyl sites for hydroxylation is 2. The maximum Gasteiger partial charge on any atom is 0.233 e. The Morgan fingerprint density at radius 3 is 2.57 bits per heavy atom. The largest absolute Gasteiger partial charge is 0.355 e. The van der Waals surface area contributed by atoms with E-state index >= 15 is 0 Å². The van der Waals surface area contributed by atoms with E-state index in [1.54, 1.807) is 0 Å². The van der Waals surface area contributed by atoms with Gasteiger partial charge in [0.15, 0.2) is 0 Å². The van der Waals surface area contributed by atoms with Gasteiger partial charge in [0.25, 0.3) is 0 Å². The number of nitrogens with one attached hydrogen (secondary N) is 2. The molecule has 0 saturated carbocycles. The number of carbonyl (C=O) groups is 2. The lowest BCUT2D eigenvalue weighted by molar-refractivity contribution is -0.120. The molecule has 21 heavy (non-hydrogen) atoms. The van der Waals surface area contributed by atoms with Gasteiger partial charge in [0.05, 0.1) is 4.83 Å². The van der Waals surface area contributed by atoms with Crippen LogP contribution in [0, 0.1) is 13.8 Å². The Balaban J connectivity index is 2.34. The summed E-state index contributed by atoms with van der Waals surface area (Å²) in [5.74, 6) is -0.156. The lowest BCUT2D eigenvalue weighted by Gasteiger charge is -2.10. The standard InChI is InChI=1S/C16H23BrN2O2/c1-4-5-14(17)16(21)18-9-8-15(20)19-13-7-6-11(2)12(3)10-13/h6-7,10,14H,4-5,8-9H2,1-3H3,(H,18,21)(H,19,20). The second-order valence-electron chi connectivity index (χ2n) is 5.14. The fraction of sp³-hybridized carbons (Fsp3) is 0.500. The molecule has 0 saturated heterocycles. The average molecular weight is 355 g/mol. The van der Waals surface area contributed by atoms with Crippen molar-refractivity contribution in [2.75, 3.05) is 11.9 Å². The molecule has 0 aliphatic rings. The molecule has 0 aliphatic carbocycles. The average Bonchev–Trinajstić information content (AvgIpc) is 2.43. The van der Waals surface area contributed by atoms with Crippen LogP contribution in [0.3, 0.4) is 0 Å². The summed E-state index contributed by atoms with van der Waals surface area (Å²) >= 11 is 3.33. The highest BCUT2D eigenvalue weighted by Gasteiger charge is 2.13. The maximum atomic E-state index is 11.8. The zero-order valence-electron chi connectivity index (χ0n) is 12.8. The molecule has 2 amide bonds. The minimum absolute atomic E-state index is 0.0594. The fourth-order valence-corrected chi connectivity index (χ4v) is 2.46. The van der Waals surface area contributed by atoms with Gasteiger partial charge in [-0.2, -0.15) is 0 Å². The molecule has 1 atom stereocenters. The van der Waals surface area contributed by atoms with E-state index in [1.807, 2.05) is 39.0 Å². The number of halogens is 1. The predicted octanol–water partition coefficient (Wildman–Crippen LogP) is 3.31. The minimum atomic E-state index is -0.176. The first kappa shape index (κ1) is 17.7. The van der Waals surface area contributed by atoms with Crippen molar-refractivity contribution in [2.45, 2.75) is 44.9 Å². The van der Waals surface area contributed by atoms with Crippen LogP contribution in [0.1, 0.15) is 37.3 Å². The Morgan fingerprint density at radius 2 is 1.95 bits per heavy atom. The summed E-state index contributed by atoms with van der Waals surface area (Å²) in [5.41, 5.74) is 3.13. The zero-order chi connectivity index (χ0) is 15.8. The SMILES string of the molecule is CCCC(Br)C(=O)NCCC(=O)Nc1ccc(C)c(C)c1. The van der Waals surface area contributed by atoms with Crippen molar-refractivity contribution in [3.05, 3.63) is 29.3 Å². The Kier molecular flexibility index (Phi) is 7.43. The van der Waals surface area contributed by atoms with Gasteiger partial charge in [-0.15, -0.1) is 0 Å². The molecule has 2 N–H and O–H groups in total. The van der Waals surface area contributed by atoms with Gasteiger partial charge in [0.2, 0.25) is 11.8 Å². The van der Waals surface area contributed by atoms with E-state index in [2.05, 4.69) is 26.6 Å². The number of hydrogen-bond donors (Lipinski definition) is 2. The third kappa shape index (κ3) is 6.29. The molecule has 1 aromatic carbocycles. The van der Waals surface area contributed by atoms with E-state index in [1.165, 1.54) is 5.56 Å². The summed E-state index contributed by atoms with van der Waals surface area (Å²) in [6.45, 7) is 6.42. The first-order valence-corrected chi connectivity index (χ1v) is 8.14. The molecule has 0 aliphatic heterocycles. The Morgan fingerprint density at radius 1 is 1.24 bits per heavy atom. The second-order valence-corrected chi connectivity index (χ2v) is 6.25. The van der Waals surface area contributed by atoms with Gasteiger partial charge in [0.1, 0.15) is 0 Å². The summed E-state index contributed by atoms with van der Waals surface area (Å²) in [6, 6.07) is 5.81. The molecule has 1 unspecified atom stereocenters. The first-order valence-electron chi connectivity index (χ1n) is 7.23. The van der Waals surface area contributed by atoms with E-state index < -0.39 is 0 Å². The highest BCUT2D eigenvalue weighted by molar-refractivity contribution is 9.10. The number of anilines is 1. The van der Waals surface area contributed by atoms with Crippen LogP contribution < -0.4 is 10.6 Å². The Hall–Kier alpha value is -1.36. The van der Waals surface area contributed by atoms with Gasteiger partial charge in [-0.1, -0.05) is 35.3 Å². The third-order valence-electron chi connectivity index (χ3n) is 3.27. The number of alkyl halides is 1. The van der Waals surface area contributed by atoms with Crippen LogP contribution in [-0.4, -0.2) is 23.2 Å². The normalized spacial score (nSPS) is 11.8. The van der Waals surface area contributed by atoms with Crippen LogP contribution in [0.5, 0.6) is 0 Å². The molecule has 0 spiro atoms. The van der Waals surface area contributed by atoms with Crippen molar-refractivity contribution >= 4 is 33.4 Å². The first-order chi connectivity index (χ1) is 9.93. The number of carbonyl (C=O) groups excluding carboxylic acids is 2. The van der Waals surface area contributed by atoms with Crippen molar-refractivity contribution in [3.8, 4) is 0 Å². The number of hydrogen-bond acceptors (Lipinski definition) is 2. The van der Waals surface area contributed by atoms with Crippen LogP contribution in [0.4, 0.5) is 5.69 Å². The molecule has 0 bridgehead atoms. The van der Waals surface area contributed by atoms with Crippen molar-refractivity contribution in [2.24, 2.45) is 0 Å². The molecule has 4 nitrogen and oxygen atoms in total. The molecule has 0 fully saturated rings. The Labute approximate surface area is 134 Å². The third-order valence-corrected chi connectivity index (χ3v) is 4.14. The van der Waals surface area contributed by atoms with Gasteiger partial charge in [0, 0.05) is 18.7 Å². The molecular weight excluding hydrogens is 332 g/mol. The lowest BCUT2D eigenvalue weighted by atomic mass is 10.1. The van der Waals surface area contributed by atoms with E-state index in [0.29, 0.717) is 6.54 Å². The van der Waals surface area contributed by atoms with Gasteiger partial charge in [-0.05, 0) is 43.5 Å². The maximum absolute atomic E-state index is 11.8. The van der Waals surface area contributed by atoms with Gasteiger partial charge in [-0.25, -0.2) is 0 Å². The van der Waals surface area contributed by atoms with Gasteiger partial charge < -0.3 is 10.6 Å². The quantitative estimate of drug-likeness (QED) is 0.738. The summed E-state index contributed by atoms with van der Waals surface area (Å²) in [4.78, 5) is 23.3. The van der Waals surface area contributed by atoms with Gasteiger partial charge in [-0.3, -0.25) is 9.59 Å². The fourth-order valence-electron chi connectivity index (χ4n) is 1.84. The van der Waals surface area contributed by atoms with Crippen LogP contribution in [0.25, 0.3) is 0 Å². The summed E-state index contributed by atoms with van der Waals surface area (Å²) in [6.07, 6.45) is 2.00. The second kappa shape index (κ2) is 8.82. The van der Waals surface area contributed by atoms with Crippen LogP contribution >= 0.6 is 15.9 Å². The molecular formula is C16H23BrN2O2. The number of benzene rings is 1. The highest BCUT2D eigenvalue weighted by atomic mass is 79.9. The molecule has 1 aromatic rings. The molecule has 0 aromatic heterocycles. The number of rotatable bonds is 7. The topological polar surface area (TPSA) is 58.2 Å². The van der Waals surface area contributed by atoms with E-state index in [-0.39, 0.29) is 23.1 Å². The van der Waals surface area contributed by atoms with Crippen LogP contribution in [-0.2, 0) is 9.59 Å². The molecule has 1 rings (SSSR count). The highest BCUT2D eigenvalue weighted by Crippen LogP contribution is 2.14. The molecule has 0 radical (unpaired) electrons. The van der Waals surface area contributed by atoms with Crippen LogP contribution in [0.2, 0.25) is 0 Å². The Bertz CT molecular complexity index is 503. The van der Waals surface area contributed by atoms with Gasteiger partial charge >= 0.3 is 0 Å². The van der Waals surface area contributed by atoms with E-state index in [4.69, 9.17) is 0 Å².